The van der Waals surface area contributed by atoms with Crippen LogP contribution in [0.1, 0.15) is 92.8 Å². The van der Waals surface area contributed by atoms with Crippen molar-refractivity contribution >= 4 is 52.3 Å². The van der Waals surface area contributed by atoms with Crippen molar-refractivity contribution in [1.29, 1.82) is 0 Å². The lowest BCUT2D eigenvalue weighted by Gasteiger charge is -2.33. The maximum absolute atomic E-state index is 13.2. The number of rotatable bonds is 21. The van der Waals surface area contributed by atoms with Crippen LogP contribution >= 0.6 is 22.7 Å². The van der Waals surface area contributed by atoms with E-state index in [-0.39, 0.29) is 47.4 Å². The van der Waals surface area contributed by atoms with Crippen molar-refractivity contribution in [2.75, 3.05) is 41.0 Å². The van der Waals surface area contributed by atoms with Crippen molar-refractivity contribution in [3.63, 3.8) is 0 Å². The van der Waals surface area contributed by atoms with E-state index in [1.54, 1.807) is 30.4 Å². The first kappa shape index (κ1) is 42.7. The molecule has 0 aromatic carbocycles. The highest BCUT2D eigenvalue weighted by molar-refractivity contribution is 7.10. The van der Waals surface area contributed by atoms with Crippen LogP contribution in [0.25, 0.3) is 0 Å². The highest BCUT2D eigenvalue weighted by atomic mass is 32.1. The number of nitrogens with one attached hydrogen (secondary N) is 2. The Morgan fingerprint density at radius 3 is 2.38 bits per heavy atom. The Labute approximate surface area is 303 Å². The van der Waals surface area contributed by atoms with Crippen molar-refractivity contribution in [1.82, 2.24) is 25.5 Å². The largest absolute Gasteiger partial charge is 0.469 e. The maximum atomic E-state index is 13.2. The Morgan fingerprint density at radius 2 is 1.82 bits per heavy atom. The number of nitrogens with two attached hydrogens (primary N) is 1. The van der Waals surface area contributed by atoms with Gasteiger partial charge in [-0.2, -0.15) is 0 Å². The van der Waals surface area contributed by atoms with E-state index in [1.165, 1.54) is 36.7 Å². The summed E-state index contributed by atoms with van der Waals surface area (Å²) in [5.74, 6) is -1.24. The number of amides is 3. The van der Waals surface area contributed by atoms with Crippen molar-refractivity contribution in [2.45, 2.75) is 90.8 Å². The van der Waals surface area contributed by atoms with Crippen LogP contribution in [0.2, 0.25) is 0 Å². The Hall–Kier alpha value is -3.47. The number of primary amides is 1. The average molecular weight is 739 g/mol. The highest BCUT2D eigenvalue weighted by Crippen LogP contribution is 2.35. The quantitative estimate of drug-likeness (QED) is 0.125. The number of hydrogen-bond donors (Lipinski definition) is 3. The number of thiazole rings is 2. The molecular weight excluding hydrogens is 685 g/mol. The van der Waals surface area contributed by atoms with Gasteiger partial charge in [-0.15, -0.1) is 22.7 Å². The molecule has 0 bridgehead atoms. The van der Waals surface area contributed by atoms with E-state index in [0.29, 0.717) is 56.2 Å². The first-order valence-electron chi connectivity index (χ1n) is 16.9. The van der Waals surface area contributed by atoms with Gasteiger partial charge in [0.2, 0.25) is 11.8 Å². The van der Waals surface area contributed by atoms with Crippen LogP contribution in [0.5, 0.6) is 0 Å². The van der Waals surface area contributed by atoms with Crippen LogP contribution in [-0.2, 0) is 39.8 Å². The lowest BCUT2D eigenvalue weighted by Crippen LogP contribution is -2.42. The fraction of sp³-hybridized carbons (Fsp3) is 0.676. The Morgan fingerprint density at radius 1 is 1.10 bits per heavy atom. The third kappa shape index (κ3) is 16.0. The first-order chi connectivity index (χ1) is 23.7. The second-order valence-electron chi connectivity index (χ2n) is 12.8. The number of nitrogens with zero attached hydrogens (tertiary/aromatic N) is 3. The third-order valence-corrected chi connectivity index (χ3v) is 9.82. The fourth-order valence-electron chi connectivity index (χ4n) is 5.12. The smallest absolute Gasteiger partial charge is 0.308 e. The standard InChI is InChI=1S/C28H40N4O6S2.C6H14N2O2/c1-16(2)22(32(5)25(34)12-19-7-8-19)14-23(38-18(4)33)27-31-21(15-40-27)26(35)30-20(11-17(3)28(36)37-6)13-24-29-9-10-39-24;1-8-3-5-10-4-2-6(7)9/h9-10,15-17,19-20,22-23H,7-8,11-14H2,1-6H3,(H,30,35);8H,2-5H2,1H3,(H2,7,9). The normalized spacial score (nSPS) is 14.8. The summed E-state index contributed by atoms with van der Waals surface area (Å²) in [7, 11) is 4.99. The van der Waals surface area contributed by atoms with Gasteiger partial charge in [-0.25, -0.2) is 9.97 Å². The summed E-state index contributed by atoms with van der Waals surface area (Å²) in [5, 5.41) is 10.7. The molecule has 0 spiro atoms. The number of methoxy groups -OCH3 is 1. The molecule has 1 saturated carbocycles. The van der Waals surface area contributed by atoms with Crippen LogP contribution in [0.3, 0.4) is 0 Å². The average Bonchev–Trinajstić information content (AvgIpc) is 3.48. The molecule has 3 rings (SSSR count). The van der Waals surface area contributed by atoms with Gasteiger partial charge in [0.1, 0.15) is 10.7 Å². The fourth-order valence-corrected chi connectivity index (χ4v) is 6.66. The topological polar surface area (TPSA) is 192 Å². The maximum Gasteiger partial charge on any atom is 0.308 e. The Balaban J connectivity index is 0.000000752. The van der Waals surface area contributed by atoms with E-state index < -0.39 is 18.0 Å². The summed E-state index contributed by atoms with van der Waals surface area (Å²) in [5.41, 5.74) is 5.07. The summed E-state index contributed by atoms with van der Waals surface area (Å²) in [6.45, 7) is 9.03. The van der Waals surface area contributed by atoms with Crippen molar-refractivity contribution < 1.29 is 38.2 Å². The summed E-state index contributed by atoms with van der Waals surface area (Å²) in [6.07, 6.45) is 5.26. The predicted octanol–water partition coefficient (Wildman–Crippen LogP) is 3.52. The number of ether oxygens (including phenoxy) is 3. The molecule has 1 fully saturated rings. The summed E-state index contributed by atoms with van der Waals surface area (Å²) < 4.78 is 15.5. The molecule has 4 unspecified atom stereocenters. The van der Waals surface area contributed by atoms with Gasteiger partial charge in [-0.1, -0.05) is 20.8 Å². The molecule has 1 aliphatic carbocycles. The second-order valence-corrected chi connectivity index (χ2v) is 14.6. The minimum absolute atomic E-state index is 0.0921. The molecule has 4 N–H and O–H groups in total. The Bertz CT molecular complexity index is 1350. The van der Waals surface area contributed by atoms with Gasteiger partial charge >= 0.3 is 11.9 Å². The van der Waals surface area contributed by atoms with Crippen molar-refractivity contribution in [3.8, 4) is 0 Å². The van der Waals surface area contributed by atoms with E-state index in [1.807, 2.05) is 26.3 Å². The van der Waals surface area contributed by atoms with Crippen LogP contribution < -0.4 is 16.4 Å². The van der Waals surface area contributed by atoms with Crippen LogP contribution in [-0.4, -0.2) is 97.6 Å². The van der Waals surface area contributed by atoms with Crippen molar-refractivity contribution in [3.05, 3.63) is 32.7 Å². The van der Waals surface area contributed by atoms with E-state index in [9.17, 15) is 24.0 Å². The lowest BCUT2D eigenvalue weighted by atomic mass is 9.96. The van der Waals surface area contributed by atoms with E-state index in [0.717, 1.165) is 24.4 Å². The first-order valence-corrected chi connectivity index (χ1v) is 18.7. The number of aromatic nitrogens is 2. The van der Waals surface area contributed by atoms with Gasteiger partial charge in [0, 0.05) is 75.2 Å². The number of likely N-dealkylation sites (N-methyl/N-ethyl adjacent to an activating group) is 1. The molecule has 2 heterocycles. The minimum atomic E-state index is -0.696. The highest BCUT2D eigenvalue weighted by Gasteiger charge is 2.33. The van der Waals surface area contributed by atoms with Crippen LogP contribution in [0.15, 0.2) is 17.0 Å². The molecule has 3 amide bonds. The molecular formula is C34H54N6O8S2. The molecule has 280 valence electrons. The SMILES string of the molecule is CNCCOCCC(N)=O.COC(=O)C(C)CC(Cc1nccs1)NC(=O)c1csc(C(CC(C(C)C)N(C)C(=O)CC2CC2)OC(C)=O)n1. The molecule has 14 nitrogen and oxygen atoms in total. The monoisotopic (exact) mass is 738 g/mol. The molecule has 16 heteroatoms. The van der Waals surface area contributed by atoms with Gasteiger partial charge in [0.15, 0.2) is 6.10 Å². The van der Waals surface area contributed by atoms with E-state index in [2.05, 4.69) is 20.6 Å². The number of hydrogen-bond acceptors (Lipinski definition) is 13. The zero-order valence-corrected chi connectivity index (χ0v) is 31.9. The zero-order valence-electron chi connectivity index (χ0n) is 30.3. The summed E-state index contributed by atoms with van der Waals surface area (Å²) >= 11 is 2.72. The second kappa shape index (κ2) is 22.4. The molecule has 0 saturated heterocycles. The van der Waals surface area contributed by atoms with E-state index >= 15 is 0 Å². The molecule has 2 aromatic heterocycles. The number of carbonyl (C=O) groups excluding carboxylic acids is 5. The number of esters is 2. The van der Waals surface area contributed by atoms with Crippen LogP contribution in [0, 0.1) is 17.8 Å². The zero-order chi connectivity index (χ0) is 37.2. The third-order valence-electron chi connectivity index (χ3n) is 8.08. The minimum Gasteiger partial charge on any atom is -0.469 e. The number of carbonyl (C=O) groups is 5. The molecule has 1 aliphatic rings. The molecule has 50 heavy (non-hydrogen) atoms. The predicted molar refractivity (Wildman–Crippen MR) is 191 cm³/mol. The lowest BCUT2D eigenvalue weighted by molar-refractivity contribution is -0.148. The summed E-state index contributed by atoms with van der Waals surface area (Å²) in [6, 6.07) is -0.530. The van der Waals surface area contributed by atoms with Crippen LogP contribution in [0.4, 0.5) is 0 Å². The van der Waals surface area contributed by atoms with E-state index in [4.69, 9.17) is 19.9 Å². The van der Waals surface area contributed by atoms with Gasteiger partial charge in [0.25, 0.3) is 5.91 Å². The van der Waals surface area contributed by atoms with Crippen molar-refractivity contribution in [2.24, 2.45) is 23.5 Å². The molecule has 4 atom stereocenters. The molecule has 0 aliphatic heterocycles. The van der Waals surface area contributed by atoms with Gasteiger partial charge in [-0.05, 0) is 38.1 Å². The molecule has 2 aromatic rings. The summed E-state index contributed by atoms with van der Waals surface area (Å²) in [4.78, 5) is 70.9. The van der Waals surface area contributed by atoms with Gasteiger partial charge < -0.3 is 35.5 Å². The molecule has 0 radical (unpaired) electrons. The van der Waals surface area contributed by atoms with Gasteiger partial charge in [-0.3, -0.25) is 24.0 Å². The Kier molecular flexibility index (Phi) is 19.1. The van der Waals surface area contributed by atoms with Gasteiger partial charge in [0.05, 0.1) is 31.2 Å².